The molecule has 0 aliphatic rings. The molecule has 2 aromatic carbocycles. The van der Waals surface area contributed by atoms with E-state index < -0.39 is 11.2 Å². The van der Waals surface area contributed by atoms with Crippen molar-refractivity contribution >= 4 is 47.6 Å². The fraction of sp³-hybridized carbons (Fsp3) is 0.130. The number of nitrogens with one attached hydrogen (secondary N) is 3. The van der Waals surface area contributed by atoms with Crippen LogP contribution in [0.25, 0.3) is 0 Å². The number of carboxylic acid groups (broad SMARTS) is 1. The zero-order valence-corrected chi connectivity index (χ0v) is 18.1. The van der Waals surface area contributed by atoms with Gasteiger partial charge in [0.1, 0.15) is 5.25 Å². The molecule has 1 aromatic heterocycles. The van der Waals surface area contributed by atoms with E-state index in [1.54, 1.807) is 30.3 Å². The van der Waals surface area contributed by atoms with Gasteiger partial charge in [0.15, 0.2) is 0 Å². The number of para-hydroxylation sites is 1. The van der Waals surface area contributed by atoms with Gasteiger partial charge in [-0.3, -0.25) is 14.6 Å². The molecule has 4 N–H and O–H groups in total. The van der Waals surface area contributed by atoms with Gasteiger partial charge in [-0.1, -0.05) is 30.3 Å². The van der Waals surface area contributed by atoms with Crippen molar-refractivity contribution in [1.82, 2.24) is 4.98 Å². The summed E-state index contributed by atoms with van der Waals surface area (Å²) in [5.41, 5.74) is 3.79. The van der Waals surface area contributed by atoms with Crippen LogP contribution in [0.3, 0.4) is 0 Å². The number of benzene rings is 2. The predicted molar refractivity (Wildman–Crippen MR) is 126 cm³/mol. The molecule has 1 atom stereocenters. The van der Waals surface area contributed by atoms with E-state index in [-0.39, 0.29) is 24.1 Å². The van der Waals surface area contributed by atoms with Crippen LogP contribution >= 0.6 is 12.6 Å². The molecular formula is C23H22N4O4S. The van der Waals surface area contributed by atoms with Gasteiger partial charge in [0.25, 0.3) is 0 Å². The second-order valence-corrected chi connectivity index (χ2v) is 7.54. The van der Waals surface area contributed by atoms with Crippen LogP contribution in [0, 0.1) is 6.92 Å². The summed E-state index contributed by atoms with van der Waals surface area (Å²) in [6.45, 7) is 1.91. The number of aromatic nitrogens is 1. The minimum absolute atomic E-state index is 0.127. The van der Waals surface area contributed by atoms with Gasteiger partial charge in [0, 0.05) is 11.4 Å². The van der Waals surface area contributed by atoms with Crippen LogP contribution in [-0.4, -0.2) is 28.0 Å². The first-order valence-electron chi connectivity index (χ1n) is 9.71. The Bertz CT molecular complexity index is 1120. The Hall–Kier alpha value is -3.85. The molecule has 0 spiro atoms. The van der Waals surface area contributed by atoms with Crippen LogP contribution in [0.4, 0.5) is 21.9 Å². The van der Waals surface area contributed by atoms with Crippen LogP contribution in [0.2, 0.25) is 0 Å². The molecule has 0 bridgehead atoms. The highest BCUT2D eigenvalue weighted by Gasteiger charge is 2.16. The molecule has 0 aliphatic carbocycles. The van der Waals surface area contributed by atoms with Crippen LogP contribution in [0.1, 0.15) is 22.1 Å². The van der Waals surface area contributed by atoms with E-state index in [4.69, 9.17) is 5.11 Å². The zero-order chi connectivity index (χ0) is 23.1. The first kappa shape index (κ1) is 22.8. The molecular weight excluding hydrogens is 428 g/mol. The average Bonchev–Trinajstić information content (AvgIpc) is 2.76. The topological polar surface area (TPSA) is 120 Å². The maximum absolute atomic E-state index is 12.3. The van der Waals surface area contributed by atoms with Crippen LogP contribution in [0.5, 0.6) is 0 Å². The smallest absolute Gasteiger partial charge is 0.323 e. The number of aliphatic carboxylic acids is 1. The standard InChI is InChI=1S/C23H22N4O4S/c1-14-4-2-3-5-18(14)27-23(31)26-16-8-6-15(7-9-16)12-20(28)25-17-10-11-19(24-13-17)21(32)22(29)30/h2-11,13,21,32H,12H2,1H3,(H,25,28)(H,29,30)(H2,26,27,31). The van der Waals surface area contributed by atoms with E-state index in [1.807, 2.05) is 31.2 Å². The van der Waals surface area contributed by atoms with E-state index in [0.717, 1.165) is 16.8 Å². The maximum Gasteiger partial charge on any atom is 0.323 e. The van der Waals surface area contributed by atoms with Crippen molar-refractivity contribution in [2.75, 3.05) is 16.0 Å². The third-order valence-electron chi connectivity index (χ3n) is 4.55. The lowest BCUT2D eigenvalue weighted by Crippen LogP contribution is -2.20. The lowest BCUT2D eigenvalue weighted by atomic mass is 10.1. The summed E-state index contributed by atoms with van der Waals surface area (Å²) in [5, 5.41) is 16.2. The van der Waals surface area contributed by atoms with Crippen molar-refractivity contribution in [2.45, 2.75) is 18.6 Å². The van der Waals surface area contributed by atoms with Crippen LogP contribution < -0.4 is 16.0 Å². The highest BCUT2D eigenvalue weighted by atomic mass is 32.1. The molecule has 8 nitrogen and oxygen atoms in total. The number of amides is 3. The van der Waals surface area contributed by atoms with E-state index in [9.17, 15) is 14.4 Å². The van der Waals surface area contributed by atoms with Crippen LogP contribution in [-0.2, 0) is 16.0 Å². The van der Waals surface area contributed by atoms with Crippen molar-refractivity contribution in [1.29, 1.82) is 0 Å². The van der Waals surface area contributed by atoms with Gasteiger partial charge in [0.05, 0.1) is 24.0 Å². The highest BCUT2D eigenvalue weighted by Crippen LogP contribution is 2.19. The van der Waals surface area contributed by atoms with Gasteiger partial charge < -0.3 is 21.1 Å². The molecule has 3 rings (SSSR count). The van der Waals surface area contributed by atoms with E-state index in [1.165, 1.54) is 12.3 Å². The van der Waals surface area contributed by atoms with Gasteiger partial charge in [-0.05, 0) is 48.4 Å². The number of hydrogen-bond acceptors (Lipinski definition) is 5. The van der Waals surface area contributed by atoms with Gasteiger partial charge in [0.2, 0.25) is 5.91 Å². The number of rotatable bonds is 7. The summed E-state index contributed by atoms with van der Waals surface area (Å²) >= 11 is 3.96. The van der Waals surface area contributed by atoms with E-state index in [2.05, 4.69) is 33.6 Å². The summed E-state index contributed by atoms with van der Waals surface area (Å²) in [4.78, 5) is 39.4. The lowest BCUT2D eigenvalue weighted by Gasteiger charge is -2.10. The number of nitrogens with zero attached hydrogens (tertiary/aromatic N) is 1. The van der Waals surface area contributed by atoms with Crippen LogP contribution in [0.15, 0.2) is 66.9 Å². The number of urea groups is 1. The fourth-order valence-corrected chi connectivity index (χ4v) is 3.01. The number of carbonyl (C=O) groups excluding carboxylic acids is 2. The minimum atomic E-state index is -1.09. The molecule has 0 saturated carbocycles. The number of anilines is 3. The Balaban J connectivity index is 1.51. The number of carbonyl (C=O) groups is 3. The number of pyridine rings is 1. The largest absolute Gasteiger partial charge is 0.480 e. The molecule has 0 saturated heterocycles. The number of thiol groups is 1. The first-order valence-corrected chi connectivity index (χ1v) is 10.2. The van der Waals surface area contributed by atoms with Crippen molar-refractivity contribution in [2.24, 2.45) is 0 Å². The zero-order valence-electron chi connectivity index (χ0n) is 17.2. The number of hydrogen-bond donors (Lipinski definition) is 5. The second-order valence-electron chi connectivity index (χ2n) is 7.03. The maximum atomic E-state index is 12.3. The Morgan fingerprint density at radius 2 is 1.62 bits per heavy atom. The summed E-state index contributed by atoms with van der Waals surface area (Å²) in [7, 11) is 0. The normalized spacial score (nSPS) is 11.3. The van der Waals surface area contributed by atoms with E-state index >= 15 is 0 Å². The fourth-order valence-electron chi connectivity index (χ4n) is 2.86. The Kier molecular flexibility index (Phi) is 7.45. The summed E-state index contributed by atoms with van der Waals surface area (Å²) in [6.07, 6.45) is 1.52. The molecule has 1 unspecified atom stereocenters. The summed E-state index contributed by atoms with van der Waals surface area (Å²) in [6, 6.07) is 17.1. The number of aryl methyl sites for hydroxylation is 1. The molecule has 0 aliphatic heterocycles. The molecule has 1 heterocycles. The van der Waals surface area contributed by atoms with Gasteiger partial charge in [-0.2, -0.15) is 12.6 Å². The minimum Gasteiger partial charge on any atom is -0.480 e. The third kappa shape index (κ3) is 6.32. The van der Waals surface area contributed by atoms with Crippen molar-refractivity contribution < 1.29 is 19.5 Å². The Morgan fingerprint density at radius 1 is 0.938 bits per heavy atom. The summed E-state index contributed by atoms with van der Waals surface area (Å²) < 4.78 is 0. The Morgan fingerprint density at radius 3 is 2.25 bits per heavy atom. The molecule has 32 heavy (non-hydrogen) atoms. The summed E-state index contributed by atoms with van der Waals surface area (Å²) in [5.74, 6) is -1.35. The van der Waals surface area contributed by atoms with Gasteiger partial charge in [-0.25, -0.2) is 4.79 Å². The highest BCUT2D eigenvalue weighted by molar-refractivity contribution is 7.81. The van der Waals surface area contributed by atoms with Crippen molar-refractivity contribution in [3.8, 4) is 0 Å². The van der Waals surface area contributed by atoms with Crippen molar-refractivity contribution in [3.05, 3.63) is 83.7 Å². The average molecular weight is 451 g/mol. The van der Waals surface area contributed by atoms with Gasteiger partial charge in [-0.15, -0.1) is 0 Å². The second kappa shape index (κ2) is 10.5. The Labute approximate surface area is 190 Å². The first-order chi connectivity index (χ1) is 15.3. The SMILES string of the molecule is Cc1ccccc1NC(=O)Nc1ccc(CC(=O)Nc2ccc(C(S)C(=O)O)nc2)cc1. The molecule has 9 heteroatoms. The molecule has 3 amide bonds. The quantitative estimate of drug-likeness (QED) is 0.344. The molecule has 0 radical (unpaired) electrons. The lowest BCUT2D eigenvalue weighted by molar-refractivity contribution is -0.136. The van der Waals surface area contributed by atoms with Gasteiger partial charge >= 0.3 is 12.0 Å². The van der Waals surface area contributed by atoms with E-state index in [0.29, 0.717) is 11.4 Å². The monoisotopic (exact) mass is 450 g/mol. The van der Waals surface area contributed by atoms with Crippen molar-refractivity contribution in [3.63, 3.8) is 0 Å². The molecule has 3 aromatic rings. The third-order valence-corrected chi connectivity index (χ3v) is 5.04. The molecule has 164 valence electrons. The number of carboxylic acids is 1. The predicted octanol–water partition coefficient (Wildman–Crippen LogP) is 4.27. The molecule has 0 fully saturated rings.